The van der Waals surface area contributed by atoms with Gasteiger partial charge < -0.3 is 9.67 Å². The quantitative estimate of drug-likeness (QED) is 0.908. The number of hydrogen-bond acceptors (Lipinski definition) is 1. The van der Waals surface area contributed by atoms with Gasteiger partial charge in [-0.15, -0.1) is 0 Å². The van der Waals surface area contributed by atoms with Crippen molar-refractivity contribution < 1.29 is 9.90 Å². The SMILES string of the molecule is O=C(O)c1cccc(Br)c1-n1cccc1. The molecule has 2 rings (SSSR count). The molecule has 0 aliphatic rings. The summed E-state index contributed by atoms with van der Waals surface area (Å²) in [6, 6.07) is 8.82. The number of rotatable bonds is 2. The van der Waals surface area contributed by atoms with E-state index in [0.717, 1.165) is 4.47 Å². The summed E-state index contributed by atoms with van der Waals surface area (Å²) < 4.78 is 2.53. The van der Waals surface area contributed by atoms with Crippen LogP contribution in [0.3, 0.4) is 0 Å². The maximum atomic E-state index is 11.0. The standard InChI is InChI=1S/C11H8BrNO2/c12-9-5-3-4-8(11(14)15)10(9)13-6-1-2-7-13/h1-7H,(H,14,15). The van der Waals surface area contributed by atoms with E-state index in [2.05, 4.69) is 15.9 Å². The molecule has 1 aromatic heterocycles. The zero-order chi connectivity index (χ0) is 10.8. The summed E-state index contributed by atoms with van der Waals surface area (Å²) in [7, 11) is 0. The molecular weight excluding hydrogens is 258 g/mol. The van der Waals surface area contributed by atoms with Crippen molar-refractivity contribution >= 4 is 21.9 Å². The average molecular weight is 266 g/mol. The first-order chi connectivity index (χ1) is 7.20. The molecule has 0 spiro atoms. The molecule has 0 unspecified atom stereocenters. The summed E-state index contributed by atoms with van der Waals surface area (Å²) in [5.74, 6) is -0.931. The molecule has 0 atom stereocenters. The van der Waals surface area contributed by atoms with Gasteiger partial charge in [0.2, 0.25) is 0 Å². The van der Waals surface area contributed by atoms with Gasteiger partial charge in [0, 0.05) is 16.9 Å². The summed E-state index contributed by atoms with van der Waals surface area (Å²) in [6.45, 7) is 0. The van der Waals surface area contributed by atoms with Gasteiger partial charge in [-0.05, 0) is 40.2 Å². The van der Waals surface area contributed by atoms with Crippen LogP contribution in [0.25, 0.3) is 5.69 Å². The highest BCUT2D eigenvalue weighted by Gasteiger charge is 2.13. The third-order valence-corrected chi connectivity index (χ3v) is 2.72. The lowest BCUT2D eigenvalue weighted by atomic mass is 10.2. The molecule has 4 heteroatoms. The minimum absolute atomic E-state index is 0.278. The normalized spacial score (nSPS) is 10.2. The van der Waals surface area contributed by atoms with Crippen LogP contribution in [0.5, 0.6) is 0 Å². The number of nitrogens with zero attached hydrogens (tertiary/aromatic N) is 1. The van der Waals surface area contributed by atoms with Crippen molar-refractivity contribution in [1.82, 2.24) is 4.57 Å². The van der Waals surface area contributed by atoms with Crippen molar-refractivity contribution in [2.45, 2.75) is 0 Å². The second-order valence-corrected chi connectivity index (χ2v) is 3.89. The topological polar surface area (TPSA) is 42.2 Å². The monoisotopic (exact) mass is 265 g/mol. The fourth-order valence-corrected chi connectivity index (χ4v) is 2.00. The van der Waals surface area contributed by atoms with Gasteiger partial charge in [-0.25, -0.2) is 4.79 Å². The average Bonchev–Trinajstić information content (AvgIpc) is 2.70. The summed E-state index contributed by atoms with van der Waals surface area (Å²) in [5.41, 5.74) is 0.926. The van der Waals surface area contributed by atoms with Gasteiger partial charge in [0.1, 0.15) is 0 Å². The summed E-state index contributed by atoms with van der Waals surface area (Å²) in [4.78, 5) is 11.0. The zero-order valence-corrected chi connectivity index (χ0v) is 9.31. The number of carbonyl (C=O) groups is 1. The van der Waals surface area contributed by atoms with Gasteiger partial charge >= 0.3 is 5.97 Å². The van der Waals surface area contributed by atoms with E-state index in [1.165, 1.54) is 0 Å². The van der Waals surface area contributed by atoms with Crippen LogP contribution in [0.4, 0.5) is 0 Å². The first kappa shape index (κ1) is 9.98. The van der Waals surface area contributed by atoms with Crippen molar-refractivity contribution in [2.24, 2.45) is 0 Å². The number of benzene rings is 1. The Morgan fingerprint density at radius 1 is 1.20 bits per heavy atom. The number of para-hydroxylation sites is 1. The lowest BCUT2D eigenvalue weighted by Gasteiger charge is -2.09. The molecule has 1 aromatic carbocycles. The van der Waals surface area contributed by atoms with Crippen LogP contribution >= 0.6 is 15.9 Å². The molecule has 0 amide bonds. The van der Waals surface area contributed by atoms with E-state index in [1.54, 1.807) is 16.7 Å². The highest BCUT2D eigenvalue weighted by atomic mass is 79.9. The Morgan fingerprint density at radius 2 is 1.87 bits per heavy atom. The third kappa shape index (κ3) is 1.80. The molecule has 1 heterocycles. The molecule has 0 saturated carbocycles. The van der Waals surface area contributed by atoms with E-state index < -0.39 is 5.97 Å². The lowest BCUT2D eigenvalue weighted by Crippen LogP contribution is -2.04. The molecule has 15 heavy (non-hydrogen) atoms. The molecule has 0 fully saturated rings. The van der Waals surface area contributed by atoms with Gasteiger partial charge in [-0.2, -0.15) is 0 Å². The third-order valence-electron chi connectivity index (χ3n) is 2.08. The van der Waals surface area contributed by atoms with Crippen LogP contribution in [0.15, 0.2) is 47.2 Å². The Labute approximate surface area is 95.1 Å². The second-order valence-electron chi connectivity index (χ2n) is 3.03. The summed E-state index contributed by atoms with van der Waals surface area (Å²) in [6.07, 6.45) is 3.62. The van der Waals surface area contributed by atoms with E-state index in [4.69, 9.17) is 5.11 Å². The van der Waals surface area contributed by atoms with E-state index in [0.29, 0.717) is 5.69 Å². The van der Waals surface area contributed by atoms with Crippen molar-refractivity contribution in [1.29, 1.82) is 0 Å². The molecule has 0 radical (unpaired) electrons. The number of carboxylic acids is 1. The first-order valence-corrected chi connectivity index (χ1v) is 5.14. The van der Waals surface area contributed by atoms with Gasteiger partial charge in [0.05, 0.1) is 11.3 Å². The summed E-state index contributed by atoms with van der Waals surface area (Å²) >= 11 is 3.35. The number of halogens is 1. The molecule has 0 bridgehead atoms. The minimum atomic E-state index is -0.931. The molecular formula is C11H8BrNO2. The number of hydrogen-bond donors (Lipinski definition) is 1. The van der Waals surface area contributed by atoms with Crippen molar-refractivity contribution in [3.05, 3.63) is 52.8 Å². The van der Waals surface area contributed by atoms with Crippen LogP contribution in [0.1, 0.15) is 10.4 Å². The summed E-state index contributed by atoms with van der Waals surface area (Å²) in [5, 5.41) is 9.05. The van der Waals surface area contributed by atoms with Gasteiger partial charge in [0.25, 0.3) is 0 Å². The van der Waals surface area contributed by atoms with Crippen LogP contribution in [0.2, 0.25) is 0 Å². The Morgan fingerprint density at radius 3 is 2.47 bits per heavy atom. The Bertz CT molecular complexity index is 491. The maximum Gasteiger partial charge on any atom is 0.337 e. The largest absolute Gasteiger partial charge is 0.478 e. The molecule has 1 N–H and O–H groups in total. The smallest absolute Gasteiger partial charge is 0.337 e. The van der Waals surface area contributed by atoms with Crippen LogP contribution < -0.4 is 0 Å². The number of carboxylic acid groups (broad SMARTS) is 1. The van der Waals surface area contributed by atoms with Crippen LogP contribution in [-0.2, 0) is 0 Å². The molecule has 2 aromatic rings. The fourth-order valence-electron chi connectivity index (χ4n) is 1.43. The number of aromatic nitrogens is 1. The molecule has 3 nitrogen and oxygen atoms in total. The lowest BCUT2D eigenvalue weighted by molar-refractivity contribution is 0.0697. The first-order valence-electron chi connectivity index (χ1n) is 4.35. The Balaban J connectivity index is 2.68. The molecule has 76 valence electrons. The van der Waals surface area contributed by atoms with Gasteiger partial charge in [-0.3, -0.25) is 0 Å². The van der Waals surface area contributed by atoms with Crippen molar-refractivity contribution in [2.75, 3.05) is 0 Å². The van der Waals surface area contributed by atoms with E-state index in [-0.39, 0.29) is 5.56 Å². The van der Waals surface area contributed by atoms with Crippen molar-refractivity contribution in [3.8, 4) is 5.69 Å². The van der Waals surface area contributed by atoms with Crippen molar-refractivity contribution in [3.63, 3.8) is 0 Å². The van der Waals surface area contributed by atoms with Crippen LogP contribution in [0, 0.1) is 0 Å². The Hall–Kier alpha value is -1.55. The molecule has 0 aliphatic carbocycles. The predicted molar refractivity (Wildman–Crippen MR) is 60.4 cm³/mol. The van der Waals surface area contributed by atoms with E-state index in [1.807, 2.05) is 30.6 Å². The van der Waals surface area contributed by atoms with Crippen LogP contribution in [-0.4, -0.2) is 15.6 Å². The maximum absolute atomic E-state index is 11.0. The van der Waals surface area contributed by atoms with Gasteiger partial charge in [0.15, 0.2) is 0 Å². The highest BCUT2D eigenvalue weighted by molar-refractivity contribution is 9.10. The molecule has 0 saturated heterocycles. The van der Waals surface area contributed by atoms with E-state index >= 15 is 0 Å². The minimum Gasteiger partial charge on any atom is -0.478 e. The molecule has 0 aliphatic heterocycles. The zero-order valence-electron chi connectivity index (χ0n) is 7.72. The fraction of sp³-hybridized carbons (Fsp3) is 0. The number of aromatic carboxylic acids is 1. The highest BCUT2D eigenvalue weighted by Crippen LogP contribution is 2.25. The Kier molecular flexibility index (Phi) is 2.60. The second kappa shape index (κ2) is 3.90. The van der Waals surface area contributed by atoms with E-state index in [9.17, 15) is 4.79 Å². The predicted octanol–water partition coefficient (Wildman–Crippen LogP) is 2.94. The van der Waals surface area contributed by atoms with Gasteiger partial charge in [-0.1, -0.05) is 6.07 Å².